The van der Waals surface area contributed by atoms with Gasteiger partial charge in [0.2, 0.25) is 0 Å². The Morgan fingerprint density at radius 3 is 2.14 bits per heavy atom. The van der Waals surface area contributed by atoms with E-state index in [4.69, 9.17) is 4.74 Å². The lowest BCUT2D eigenvalue weighted by Gasteiger charge is -2.22. The van der Waals surface area contributed by atoms with E-state index < -0.39 is 10.0 Å². The molecule has 186 valence electrons. The molecule has 1 atom stereocenters. The Bertz CT molecular complexity index is 1300. The summed E-state index contributed by atoms with van der Waals surface area (Å²) in [6.07, 6.45) is 0.740. The lowest BCUT2D eigenvalue weighted by Crippen LogP contribution is -2.29. The number of hydrogen-bond acceptors (Lipinski definition) is 4. The standard InChI is InChI=1S/C28H34N2O4S/c1-18(2)15-26(22-10-13-25(34-6)14-11-22)29-28(31)23-9-7-20(4)27(17-23)35(32,33)30-24-12-8-19(3)21(5)16-24/h7-14,16-18,26,30H,15H2,1-6H3,(H,29,31). The molecule has 3 aromatic rings. The van der Waals surface area contributed by atoms with Gasteiger partial charge in [-0.2, -0.15) is 0 Å². The highest BCUT2D eigenvalue weighted by molar-refractivity contribution is 7.92. The molecule has 0 fully saturated rings. The molecular formula is C28H34N2O4S. The molecule has 0 bridgehead atoms. The lowest BCUT2D eigenvalue weighted by molar-refractivity contribution is 0.0931. The molecule has 6 nitrogen and oxygen atoms in total. The molecule has 3 aromatic carbocycles. The minimum atomic E-state index is -3.88. The van der Waals surface area contributed by atoms with E-state index in [1.54, 1.807) is 38.3 Å². The maximum atomic E-state index is 13.2. The van der Waals surface area contributed by atoms with Crippen LogP contribution in [-0.4, -0.2) is 21.4 Å². The summed E-state index contributed by atoms with van der Waals surface area (Å²) in [4.78, 5) is 13.3. The van der Waals surface area contributed by atoms with Crippen molar-refractivity contribution in [2.75, 3.05) is 11.8 Å². The second-order valence-corrected chi connectivity index (χ2v) is 11.0. The van der Waals surface area contributed by atoms with Crippen LogP contribution < -0.4 is 14.8 Å². The highest BCUT2D eigenvalue weighted by Crippen LogP contribution is 2.26. The number of benzene rings is 3. The number of nitrogens with one attached hydrogen (secondary N) is 2. The Hall–Kier alpha value is -3.32. The van der Waals surface area contributed by atoms with E-state index in [2.05, 4.69) is 23.9 Å². The van der Waals surface area contributed by atoms with Crippen molar-refractivity contribution in [3.8, 4) is 5.75 Å². The van der Waals surface area contributed by atoms with Crippen molar-refractivity contribution in [3.63, 3.8) is 0 Å². The molecule has 3 rings (SSSR count). The highest BCUT2D eigenvalue weighted by Gasteiger charge is 2.22. The topological polar surface area (TPSA) is 84.5 Å². The lowest BCUT2D eigenvalue weighted by atomic mass is 9.96. The van der Waals surface area contributed by atoms with E-state index in [1.807, 2.05) is 44.2 Å². The predicted molar refractivity (Wildman–Crippen MR) is 141 cm³/mol. The molecular weight excluding hydrogens is 460 g/mol. The monoisotopic (exact) mass is 494 g/mol. The predicted octanol–water partition coefficient (Wildman–Crippen LogP) is 5.94. The third kappa shape index (κ3) is 6.63. The summed E-state index contributed by atoms with van der Waals surface area (Å²) in [6, 6.07) is 17.5. The second-order valence-electron chi connectivity index (χ2n) is 9.31. The van der Waals surface area contributed by atoms with Crippen LogP contribution in [0.2, 0.25) is 0 Å². The van der Waals surface area contributed by atoms with Gasteiger partial charge >= 0.3 is 0 Å². The van der Waals surface area contributed by atoms with Crippen LogP contribution in [0.15, 0.2) is 65.6 Å². The molecule has 0 saturated heterocycles. The van der Waals surface area contributed by atoms with Crippen LogP contribution in [0.5, 0.6) is 5.75 Å². The number of carbonyl (C=O) groups is 1. The van der Waals surface area contributed by atoms with E-state index >= 15 is 0 Å². The van der Waals surface area contributed by atoms with Crippen molar-refractivity contribution < 1.29 is 17.9 Å². The molecule has 0 saturated carbocycles. The van der Waals surface area contributed by atoms with E-state index in [9.17, 15) is 13.2 Å². The Morgan fingerprint density at radius 2 is 1.54 bits per heavy atom. The van der Waals surface area contributed by atoms with E-state index in [0.29, 0.717) is 22.7 Å². The quantitative estimate of drug-likeness (QED) is 0.386. The van der Waals surface area contributed by atoms with Gasteiger partial charge in [-0.15, -0.1) is 0 Å². The average molecular weight is 495 g/mol. The summed E-state index contributed by atoms with van der Waals surface area (Å²) in [5, 5.41) is 3.08. The van der Waals surface area contributed by atoms with Gasteiger partial charge in [-0.05, 0) is 91.8 Å². The van der Waals surface area contributed by atoms with Gasteiger partial charge in [0, 0.05) is 11.3 Å². The SMILES string of the molecule is COc1ccc(C(CC(C)C)NC(=O)c2ccc(C)c(S(=O)(=O)Nc3ccc(C)c(C)c3)c2)cc1. The van der Waals surface area contributed by atoms with Crippen LogP contribution >= 0.6 is 0 Å². The van der Waals surface area contributed by atoms with Gasteiger partial charge in [-0.25, -0.2) is 8.42 Å². The number of anilines is 1. The Kier molecular flexibility index (Phi) is 8.22. The van der Waals surface area contributed by atoms with Crippen LogP contribution in [0.1, 0.15) is 58.9 Å². The molecule has 2 N–H and O–H groups in total. The minimum Gasteiger partial charge on any atom is -0.497 e. The Morgan fingerprint density at radius 1 is 0.886 bits per heavy atom. The largest absolute Gasteiger partial charge is 0.497 e. The number of aryl methyl sites for hydroxylation is 3. The number of hydrogen-bond donors (Lipinski definition) is 2. The first-order valence-electron chi connectivity index (χ1n) is 11.7. The first-order valence-corrected chi connectivity index (χ1v) is 13.1. The third-order valence-electron chi connectivity index (χ3n) is 6.03. The fraction of sp³-hybridized carbons (Fsp3) is 0.321. The molecule has 1 amide bonds. The molecule has 0 spiro atoms. The maximum absolute atomic E-state index is 13.2. The van der Waals surface area contributed by atoms with E-state index in [1.165, 1.54) is 6.07 Å². The first kappa shape index (κ1) is 26.3. The average Bonchev–Trinajstić information content (AvgIpc) is 2.80. The van der Waals surface area contributed by atoms with Crippen molar-refractivity contribution in [2.45, 2.75) is 52.0 Å². The molecule has 1 unspecified atom stereocenters. The molecule has 0 radical (unpaired) electrons. The summed E-state index contributed by atoms with van der Waals surface area (Å²) in [5.74, 6) is 0.764. The van der Waals surface area contributed by atoms with Gasteiger partial charge in [0.1, 0.15) is 5.75 Å². The first-order chi connectivity index (χ1) is 16.5. The van der Waals surface area contributed by atoms with Crippen LogP contribution in [0.3, 0.4) is 0 Å². The second kappa shape index (κ2) is 11.0. The van der Waals surface area contributed by atoms with Gasteiger partial charge in [-0.3, -0.25) is 9.52 Å². The molecule has 0 heterocycles. The van der Waals surface area contributed by atoms with Crippen molar-refractivity contribution in [1.29, 1.82) is 0 Å². The number of sulfonamides is 1. The molecule has 0 aromatic heterocycles. The van der Waals surface area contributed by atoms with Gasteiger partial charge in [0.05, 0.1) is 18.0 Å². The summed E-state index contributed by atoms with van der Waals surface area (Å²) >= 11 is 0. The van der Waals surface area contributed by atoms with Crippen molar-refractivity contribution in [2.24, 2.45) is 5.92 Å². The number of carbonyl (C=O) groups excluding carboxylic acids is 1. The van der Waals surface area contributed by atoms with Gasteiger partial charge in [0.15, 0.2) is 0 Å². The summed E-state index contributed by atoms with van der Waals surface area (Å²) in [7, 11) is -2.27. The number of methoxy groups -OCH3 is 1. The zero-order valence-corrected chi connectivity index (χ0v) is 22.0. The number of amides is 1. The third-order valence-corrected chi connectivity index (χ3v) is 7.55. The fourth-order valence-electron chi connectivity index (χ4n) is 3.87. The van der Waals surface area contributed by atoms with Gasteiger partial charge in [0.25, 0.3) is 15.9 Å². The van der Waals surface area contributed by atoms with Crippen molar-refractivity contribution >= 4 is 21.6 Å². The van der Waals surface area contributed by atoms with Crippen LogP contribution in [0, 0.1) is 26.7 Å². The fourth-order valence-corrected chi connectivity index (χ4v) is 5.19. The van der Waals surface area contributed by atoms with Gasteiger partial charge in [-0.1, -0.05) is 38.1 Å². The normalized spacial score (nSPS) is 12.3. The highest BCUT2D eigenvalue weighted by atomic mass is 32.2. The van der Waals surface area contributed by atoms with Crippen molar-refractivity contribution in [1.82, 2.24) is 5.32 Å². The smallest absolute Gasteiger partial charge is 0.262 e. The molecule has 0 aliphatic heterocycles. The minimum absolute atomic E-state index is 0.0771. The zero-order valence-electron chi connectivity index (χ0n) is 21.2. The number of ether oxygens (including phenoxy) is 1. The van der Waals surface area contributed by atoms with Gasteiger partial charge < -0.3 is 10.1 Å². The molecule has 0 aliphatic carbocycles. The van der Waals surface area contributed by atoms with E-state index in [-0.39, 0.29) is 16.8 Å². The van der Waals surface area contributed by atoms with Crippen molar-refractivity contribution in [3.05, 3.63) is 88.5 Å². The van der Waals surface area contributed by atoms with Crippen LogP contribution in [-0.2, 0) is 10.0 Å². The summed E-state index contributed by atoms with van der Waals surface area (Å²) in [5.41, 5.74) is 4.37. The molecule has 7 heteroatoms. The Labute approximate surface area is 208 Å². The number of rotatable bonds is 9. The zero-order chi connectivity index (χ0) is 25.8. The summed E-state index contributed by atoms with van der Waals surface area (Å²) < 4.78 is 34.3. The van der Waals surface area contributed by atoms with Crippen LogP contribution in [0.4, 0.5) is 5.69 Å². The summed E-state index contributed by atoms with van der Waals surface area (Å²) in [6.45, 7) is 9.81. The maximum Gasteiger partial charge on any atom is 0.262 e. The van der Waals surface area contributed by atoms with E-state index in [0.717, 1.165) is 28.9 Å². The van der Waals surface area contributed by atoms with Crippen LogP contribution in [0.25, 0.3) is 0 Å². The molecule has 0 aliphatic rings. The Balaban J connectivity index is 1.87. The molecule has 35 heavy (non-hydrogen) atoms.